The Morgan fingerprint density at radius 1 is 1.09 bits per heavy atom. The van der Waals surface area contributed by atoms with E-state index in [2.05, 4.69) is 10.6 Å². The van der Waals surface area contributed by atoms with Crippen molar-refractivity contribution in [1.82, 2.24) is 15.1 Å². The van der Waals surface area contributed by atoms with Crippen molar-refractivity contribution in [3.63, 3.8) is 0 Å². The summed E-state index contributed by atoms with van der Waals surface area (Å²) in [5.74, 6) is -0.791. The molecule has 2 N–H and O–H groups in total. The number of rotatable bonds is 10. The Labute approximate surface area is 199 Å². The van der Waals surface area contributed by atoms with Crippen LogP contribution in [-0.4, -0.2) is 60.9 Å². The number of nitrogens with one attached hydrogen (secondary N) is 2. The molecule has 3 rings (SSSR count). The first-order valence-electron chi connectivity index (χ1n) is 11.3. The number of nitrogens with zero attached hydrogens (tertiary/aromatic N) is 2. The van der Waals surface area contributed by atoms with Gasteiger partial charge in [-0.05, 0) is 55.9 Å². The van der Waals surface area contributed by atoms with E-state index in [-0.39, 0.29) is 24.2 Å². The van der Waals surface area contributed by atoms with Gasteiger partial charge in [-0.1, -0.05) is 31.2 Å². The molecule has 9 heteroatoms. The van der Waals surface area contributed by atoms with Crippen molar-refractivity contribution in [2.24, 2.45) is 0 Å². The number of benzene rings is 2. The minimum absolute atomic E-state index is 0.0776. The molecule has 8 nitrogen and oxygen atoms in total. The highest BCUT2D eigenvalue weighted by Gasteiger charge is 2.46. The van der Waals surface area contributed by atoms with Crippen LogP contribution in [0.5, 0.6) is 0 Å². The molecule has 1 fully saturated rings. The van der Waals surface area contributed by atoms with Gasteiger partial charge in [-0.15, -0.1) is 0 Å². The van der Waals surface area contributed by atoms with Gasteiger partial charge in [0.05, 0.1) is 6.54 Å². The first kappa shape index (κ1) is 25.2. The van der Waals surface area contributed by atoms with E-state index >= 15 is 0 Å². The Hall–Kier alpha value is -3.46. The van der Waals surface area contributed by atoms with Crippen LogP contribution < -0.4 is 10.6 Å². The maximum absolute atomic E-state index is 13.3. The molecule has 0 radical (unpaired) electrons. The van der Waals surface area contributed by atoms with Crippen molar-refractivity contribution >= 4 is 23.6 Å². The minimum Gasteiger partial charge on any atom is -0.438 e. The van der Waals surface area contributed by atoms with Gasteiger partial charge in [-0.2, -0.15) is 0 Å². The van der Waals surface area contributed by atoms with E-state index in [0.717, 1.165) is 6.42 Å². The highest BCUT2D eigenvalue weighted by atomic mass is 19.1. The van der Waals surface area contributed by atoms with Crippen molar-refractivity contribution in [2.45, 2.75) is 38.5 Å². The van der Waals surface area contributed by atoms with Crippen molar-refractivity contribution in [1.29, 1.82) is 0 Å². The number of hydrogen-bond acceptors (Lipinski definition) is 5. The molecule has 182 valence electrons. The van der Waals surface area contributed by atoms with Gasteiger partial charge in [-0.25, -0.2) is 9.18 Å². The fourth-order valence-electron chi connectivity index (χ4n) is 3.71. The third-order valence-electron chi connectivity index (χ3n) is 5.48. The summed E-state index contributed by atoms with van der Waals surface area (Å²) in [4.78, 5) is 41.1. The summed E-state index contributed by atoms with van der Waals surface area (Å²) in [5.41, 5.74) is 1.94. The van der Waals surface area contributed by atoms with Crippen molar-refractivity contribution < 1.29 is 23.5 Å². The molecule has 3 amide bonds. The summed E-state index contributed by atoms with van der Waals surface area (Å²) in [7, 11) is 3.80. The van der Waals surface area contributed by atoms with E-state index in [1.807, 2.05) is 25.9 Å². The number of halogens is 1. The lowest BCUT2D eigenvalue weighted by Gasteiger charge is -2.24. The Kier molecular flexibility index (Phi) is 8.59. The molecule has 2 aromatic carbocycles. The first-order valence-corrected chi connectivity index (χ1v) is 11.3. The van der Waals surface area contributed by atoms with Crippen LogP contribution in [0.25, 0.3) is 0 Å². The van der Waals surface area contributed by atoms with Gasteiger partial charge >= 0.3 is 6.09 Å². The Morgan fingerprint density at radius 2 is 1.76 bits per heavy atom. The number of ether oxygens (including phenoxy) is 1. The summed E-state index contributed by atoms with van der Waals surface area (Å²) in [6, 6.07) is 11.8. The molecule has 0 saturated carbocycles. The quantitative estimate of drug-likeness (QED) is 0.556. The van der Waals surface area contributed by atoms with Crippen LogP contribution in [0.4, 0.5) is 14.9 Å². The van der Waals surface area contributed by atoms with Crippen LogP contribution >= 0.6 is 0 Å². The van der Waals surface area contributed by atoms with Gasteiger partial charge in [-0.3, -0.25) is 14.5 Å². The average Bonchev–Trinajstić information content (AvgIpc) is 3.11. The maximum Gasteiger partial charge on any atom is 0.411 e. The molecule has 34 heavy (non-hydrogen) atoms. The second-order valence-electron chi connectivity index (χ2n) is 8.52. The summed E-state index contributed by atoms with van der Waals surface area (Å²) < 4.78 is 19.0. The zero-order valence-corrected chi connectivity index (χ0v) is 19.7. The monoisotopic (exact) mass is 470 g/mol. The number of anilines is 1. The molecule has 1 saturated heterocycles. The summed E-state index contributed by atoms with van der Waals surface area (Å²) in [5, 5.41) is 5.70. The number of carbonyl (C=O) groups is 3. The molecule has 0 aromatic heterocycles. The lowest BCUT2D eigenvalue weighted by atomic mass is 10.00. The number of hydrogen-bond donors (Lipinski definition) is 2. The molecule has 2 aromatic rings. The van der Waals surface area contributed by atoms with E-state index in [1.54, 1.807) is 36.4 Å². The van der Waals surface area contributed by atoms with Gasteiger partial charge in [0.1, 0.15) is 5.82 Å². The van der Waals surface area contributed by atoms with Crippen LogP contribution in [0.3, 0.4) is 0 Å². The lowest BCUT2D eigenvalue weighted by Crippen LogP contribution is -2.47. The number of amides is 3. The fourth-order valence-corrected chi connectivity index (χ4v) is 3.71. The molecule has 2 unspecified atom stereocenters. The van der Waals surface area contributed by atoms with Crippen LogP contribution in [-0.2, 0) is 20.9 Å². The SMILES string of the molecule is CCCC(=O)Nc1ccc(C2OC(=O)N(Cc3ccc(F)cc3)C2C(=O)NCCN(C)C)cc1. The van der Waals surface area contributed by atoms with E-state index in [0.29, 0.717) is 36.3 Å². The topological polar surface area (TPSA) is 91.0 Å². The largest absolute Gasteiger partial charge is 0.438 e. The van der Waals surface area contributed by atoms with E-state index in [9.17, 15) is 18.8 Å². The Balaban J connectivity index is 1.82. The third-order valence-corrected chi connectivity index (χ3v) is 5.48. The molecular formula is C25H31FN4O4. The maximum atomic E-state index is 13.3. The molecule has 0 bridgehead atoms. The third kappa shape index (κ3) is 6.54. The second kappa shape index (κ2) is 11.6. The van der Waals surface area contributed by atoms with Crippen LogP contribution in [0, 0.1) is 5.82 Å². The summed E-state index contributed by atoms with van der Waals surface area (Å²) in [6.45, 7) is 3.09. The molecular weight excluding hydrogens is 439 g/mol. The zero-order chi connectivity index (χ0) is 24.7. The highest BCUT2D eigenvalue weighted by Crippen LogP contribution is 2.34. The molecule has 1 heterocycles. The van der Waals surface area contributed by atoms with Crippen LogP contribution in [0.2, 0.25) is 0 Å². The summed E-state index contributed by atoms with van der Waals surface area (Å²) in [6.07, 6.45) is -0.276. The van der Waals surface area contributed by atoms with E-state index in [1.165, 1.54) is 17.0 Å². The second-order valence-corrected chi connectivity index (χ2v) is 8.52. The summed E-state index contributed by atoms with van der Waals surface area (Å²) >= 11 is 0. The molecule has 0 spiro atoms. The van der Waals surface area contributed by atoms with Crippen LogP contribution in [0.15, 0.2) is 48.5 Å². The standard InChI is InChI=1S/C25H31FN4O4/c1-4-5-21(31)28-20-12-8-18(9-13-20)23-22(24(32)27-14-15-29(2)3)30(25(33)34-23)16-17-6-10-19(26)11-7-17/h6-13,22-23H,4-5,14-16H2,1-3H3,(H,27,32)(H,28,31). The predicted molar refractivity (Wildman–Crippen MR) is 126 cm³/mol. The van der Waals surface area contributed by atoms with Crippen molar-refractivity contribution in [3.8, 4) is 0 Å². The fraction of sp³-hybridized carbons (Fsp3) is 0.400. The van der Waals surface area contributed by atoms with Gasteiger partial charge in [0.2, 0.25) is 11.8 Å². The number of carbonyl (C=O) groups excluding carboxylic acids is 3. The van der Waals surface area contributed by atoms with Gasteiger partial charge < -0.3 is 20.3 Å². The average molecular weight is 471 g/mol. The van der Waals surface area contributed by atoms with Gasteiger partial charge in [0.15, 0.2) is 12.1 Å². The molecule has 0 aliphatic carbocycles. The number of cyclic esters (lactones) is 1. The normalized spacial score (nSPS) is 17.6. The van der Waals surface area contributed by atoms with Crippen molar-refractivity contribution in [3.05, 3.63) is 65.5 Å². The highest BCUT2D eigenvalue weighted by molar-refractivity contribution is 5.91. The predicted octanol–water partition coefficient (Wildman–Crippen LogP) is 3.30. The van der Waals surface area contributed by atoms with Gasteiger partial charge in [0.25, 0.3) is 0 Å². The zero-order valence-electron chi connectivity index (χ0n) is 19.7. The van der Waals surface area contributed by atoms with Gasteiger partial charge in [0, 0.05) is 25.2 Å². The van der Waals surface area contributed by atoms with Crippen LogP contribution in [0.1, 0.15) is 37.0 Å². The van der Waals surface area contributed by atoms with Crippen molar-refractivity contribution in [2.75, 3.05) is 32.5 Å². The van der Waals surface area contributed by atoms with E-state index in [4.69, 9.17) is 4.74 Å². The molecule has 1 aliphatic rings. The molecule has 1 aliphatic heterocycles. The Bertz CT molecular complexity index is 995. The molecule has 2 atom stereocenters. The minimum atomic E-state index is -0.903. The van der Waals surface area contributed by atoms with E-state index < -0.39 is 18.2 Å². The Morgan fingerprint density at radius 3 is 2.38 bits per heavy atom. The smallest absolute Gasteiger partial charge is 0.411 e. The lowest BCUT2D eigenvalue weighted by molar-refractivity contribution is -0.126. The number of likely N-dealkylation sites (N-methyl/N-ethyl adjacent to an activating group) is 1. The first-order chi connectivity index (χ1) is 16.3.